The molecule has 0 radical (unpaired) electrons. The first-order chi connectivity index (χ1) is 16.6. The number of carbonyl (C=O) groups excluding carboxylic acids is 3. The van der Waals surface area contributed by atoms with Crippen molar-refractivity contribution in [3.05, 3.63) is 97.3 Å². The molecule has 2 N–H and O–H groups in total. The van der Waals surface area contributed by atoms with Gasteiger partial charge in [-0.1, -0.05) is 52.5 Å². The summed E-state index contributed by atoms with van der Waals surface area (Å²) in [4.78, 5) is 39.2. The summed E-state index contributed by atoms with van der Waals surface area (Å²) in [5.74, 6) is -2.69. The molecule has 4 rings (SSSR count). The van der Waals surface area contributed by atoms with E-state index in [-0.39, 0.29) is 32.0 Å². The average molecular weight is 553 g/mol. The van der Waals surface area contributed by atoms with Crippen LogP contribution in [0.4, 0.5) is 21.5 Å². The molecule has 0 aliphatic carbocycles. The molecule has 3 aromatic carbocycles. The maximum Gasteiger partial charge on any atom is 0.283 e. The molecule has 0 spiro atoms. The molecule has 0 unspecified atom stereocenters. The minimum atomic E-state index is -0.798. The second kappa shape index (κ2) is 9.87. The number of nitrogens with one attached hydrogen (secondary N) is 2. The fraction of sp³-hybridized carbons (Fsp3) is 0.0417. The van der Waals surface area contributed by atoms with Gasteiger partial charge in [-0.25, -0.2) is 9.29 Å². The molecule has 3 aromatic rings. The number of amides is 3. The summed E-state index contributed by atoms with van der Waals surface area (Å²) in [6, 6.07) is 12.9. The van der Waals surface area contributed by atoms with Crippen LogP contribution in [-0.4, -0.2) is 17.7 Å². The van der Waals surface area contributed by atoms with Gasteiger partial charge in [-0.2, -0.15) is 0 Å². The van der Waals surface area contributed by atoms with Crippen LogP contribution in [0.3, 0.4) is 0 Å². The number of hydrogen-bond acceptors (Lipinski definition) is 4. The van der Waals surface area contributed by atoms with Gasteiger partial charge in [-0.05, 0) is 61.0 Å². The lowest BCUT2D eigenvalue weighted by molar-refractivity contribution is -0.120. The molecule has 1 aliphatic rings. The van der Waals surface area contributed by atoms with Gasteiger partial charge in [0.25, 0.3) is 17.7 Å². The highest BCUT2D eigenvalue weighted by atomic mass is 35.5. The SMILES string of the molecule is Cc1ccc(C(=O)Nc2ccc(Cl)c(Cl)c2)cc1NC1=C(Cl)C(=O)N(c2ccc(F)c(Cl)c2)C1=O. The molecule has 3 amide bonds. The van der Waals surface area contributed by atoms with E-state index < -0.39 is 23.5 Å². The fourth-order valence-corrected chi connectivity index (χ4v) is 3.97. The van der Waals surface area contributed by atoms with E-state index in [1.165, 1.54) is 18.2 Å². The molecule has 11 heteroatoms. The van der Waals surface area contributed by atoms with Gasteiger partial charge in [0.15, 0.2) is 0 Å². The predicted octanol–water partition coefficient (Wildman–Crippen LogP) is 6.78. The van der Waals surface area contributed by atoms with Gasteiger partial charge in [-0.15, -0.1) is 0 Å². The van der Waals surface area contributed by atoms with Crippen molar-refractivity contribution in [3.8, 4) is 0 Å². The van der Waals surface area contributed by atoms with Crippen molar-refractivity contribution >= 4 is 81.2 Å². The van der Waals surface area contributed by atoms with E-state index >= 15 is 0 Å². The Hall–Kier alpha value is -3.10. The lowest BCUT2D eigenvalue weighted by Gasteiger charge is -2.16. The minimum Gasteiger partial charge on any atom is -0.349 e. The van der Waals surface area contributed by atoms with E-state index in [4.69, 9.17) is 46.4 Å². The molecule has 0 atom stereocenters. The average Bonchev–Trinajstić information content (AvgIpc) is 3.02. The zero-order valence-electron chi connectivity index (χ0n) is 17.8. The number of nitrogens with zero attached hydrogens (tertiary/aromatic N) is 1. The molecule has 6 nitrogen and oxygen atoms in total. The summed E-state index contributed by atoms with van der Waals surface area (Å²) in [7, 11) is 0. The Kier molecular flexibility index (Phi) is 7.05. The zero-order valence-corrected chi connectivity index (χ0v) is 20.8. The van der Waals surface area contributed by atoms with Crippen molar-refractivity contribution in [2.24, 2.45) is 0 Å². The van der Waals surface area contributed by atoms with Crippen LogP contribution in [0.5, 0.6) is 0 Å². The summed E-state index contributed by atoms with van der Waals surface area (Å²) >= 11 is 23.9. The molecule has 0 saturated heterocycles. The van der Waals surface area contributed by atoms with E-state index in [1.54, 1.807) is 31.2 Å². The normalized spacial score (nSPS) is 13.5. The van der Waals surface area contributed by atoms with Crippen molar-refractivity contribution in [3.63, 3.8) is 0 Å². The van der Waals surface area contributed by atoms with Gasteiger partial charge in [0.2, 0.25) is 0 Å². The summed E-state index contributed by atoms with van der Waals surface area (Å²) in [5, 5.41) is 5.58. The third kappa shape index (κ3) is 4.99. The summed E-state index contributed by atoms with van der Waals surface area (Å²) in [5.41, 5.74) is 1.63. The van der Waals surface area contributed by atoms with Crippen LogP contribution in [-0.2, 0) is 9.59 Å². The Morgan fingerprint density at radius 2 is 1.60 bits per heavy atom. The van der Waals surface area contributed by atoms with Crippen molar-refractivity contribution < 1.29 is 18.8 Å². The lowest BCUT2D eigenvalue weighted by atomic mass is 10.1. The van der Waals surface area contributed by atoms with Gasteiger partial charge in [-0.3, -0.25) is 14.4 Å². The van der Waals surface area contributed by atoms with Crippen LogP contribution in [0.1, 0.15) is 15.9 Å². The van der Waals surface area contributed by atoms with Crippen molar-refractivity contribution in [1.29, 1.82) is 0 Å². The van der Waals surface area contributed by atoms with Crippen molar-refractivity contribution in [2.75, 3.05) is 15.5 Å². The molecule has 1 aliphatic heterocycles. The van der Waals surface area contributed by atoms with Gasteiger partial charge >= 0.3 is 0 Å². The molecule has 0 saturated carbocycles. The molecule has 0 bridgehead atoms. The smallest absolute Gasteiger partial charge is 0.283 e. The van der Waals surface area contributed by atoms with Crippen LogP contribution in [0.2, 0.25) is 15.1 Å². The van der Waals surface area contributed by atoms with Crippen LogP contribution in [0, 0.1) is 12.7 Å². The summed E-state index contributed by atoms with van der Waals surface area (Å²) in [6.45, 7) is 1.75. The molecule has 178 valence electrons. The molecule has 1 heterocycles. The van der Waals surface area contributed by atoms with E-state index in [9.17, 15) is 18.8 Å². The van der Waals surface area contributed by atoms with Gasteiger partial charge in [0, 0.05) is 16.9 Å². The Morgan fingerprint density at radius 3 is 2.29 bits per heavy atom. The maximum atomic E-state index is 13.5. The number of rotatable bonds is 5. The van der Waals surface area contributed by atoms with E-state index in [0.717, 1.165) is 17.0 Å². The first-order valence-corrected chi connectivity index (χ1v) is 11.5. The quantitative estimate of drug-likeness (QED) is 0.342. The molecule has 0 aromatic heterocycles. The predicted molar refractivity (Wildman–Crippen MR) is 136 cm³/mol. The van der Waals surface area contributed by atoms with Crippen molar-refractivity contribution in [1.82, 2.24) is 0 Å². The highest BCUT2D eigenvalue weighted by Gasteiger charge is 2.39. The van der Waals surface area contributed by atoms with Crippen LogP contribution < -0.4 is 15.5 Å². The van der Waals surface area contributed by atoms with E-state index in [1.807, 2.05) is 0 Å². The first kappa shape index (κ1) is 25.0. The number of benzene rings is 3. The van der Waals surface area contributed by atoms with Crippen molar-refractivity contribution in [2.45, 2.75) is 6.92 Å². The van der Waals surface area contributed by atoms with E-state index in [0.29, 0.717) is 22.0 Å². The fourth-order valence-electron chi connectivity index (χ4n) is 3.28. The standard InChI is InChI=1S/C24H14Cl4FN3O3/c1-11-2-3-12(22(33)30-13-4-6-15(25)16(26)9-13)8-19(11)31-21-20(28)23(34)32(24(21)35)14-5-7-18(29)17(27)10-14/h2-10,31H,1H3,(H,30,33). The second-order valence-corrected chi connectivity index (χ2v) is 9.07. The zero-order chi connectivity index (χ0) is 25.4. The highest BCUT2D eigenvalue weighted by molar-refractivity contribution is 6.53. The second-order valence-electron chi connectivity index (χ2n) is 7.47. The molecular formula is C24H14Cl4FN3O3. The summed E-state index contributed by atoms with van der Waals surface area (Å²) < 4.78 is 13.5. The van der Waals surface area contributed by atoms with Crippen LogP contribution in [0.25, 0.3) is 0 Å². The number of hydrogen-bond donors (Lipinski definition) is 2. The number of anilines is 3. The largest absolute Gasteiger partial charge is 0.349 e. The number of aryl methyl sites for hydroxylation is 1. The van der Waals surface area contributed by atoms with Crippen LogP contribution in [0.15, 0.2) is 65.3 Å². The topological polar surface area (TPSA) is 78.5 Å². The maximum absolute atomic E-state index is 13.5. The van der Waals surface area contributed by atoms with Gasteiger partial charge in [0.05, 0.1) is 20.8 Å². The van der Waals surface area contributed by atoms with Gasteiger partial charge < -0.3 is 10.6 Å². The molecular weight excluding hydrogens is 539 g/mol. The van der Waals surface area contributed by atoms with Gasteiger partial charge in [0.1, 0.15) is 16.5 Å². The Morgan fingerprint density at radius 1 is 0.857 bits per heavy atom. The third-order valence-corrected chi connectivity index (χ3v) is 6.50. The van der Waals surface area contributed by atoms with E-state index in [2.05, 4.69) is 10.6 Å². The third-order valence-electron chi connectivity index (χ3n) is 5.13. The highest BCUT2D eigenvalue weighted by Crippen LogP contribution is 2.33. The number of carbonyl (C=O) groups is 3. The summed E-state index contributed by atoms with van der Waals surface area (Å²) in [6.07, 6.45) is 0. The molecule has 35 heavy (non-hydrogen) atoms. The minimum absolute atomic E-state index is 0.0628. The Bertz CT molecular complexity index is 1440. The molecule has 0 fully saturated rings. The monoisotopic (exact) mass is 551 g/mol. The lowest BCUT2D eigenvalue weighted by Crippen LogP contribution is -2.32. The number of halogens is 5. The number of imide groups is 1. The Labute approximate surface area is 219 Å². The Balaban J connectivity index is 1.58. The first-order valence-electron chi connectivity index (χ1n) is 9.94. The van der Waals surface area contributed by atoms with Crippen LogP contribution >= 0.6 is 46.4 Å².